The number of carboxylic acid groups (broad SMARTS) is 1. The first-order valence-corrected chi connectivity index (χ1v) is 5.76. The Balaban J connectivity index is 2.00. The van der Waals surface area contributed by atoms with Crippen molar-refractivity contribution in [2.45, 2.75) is 31.2 Å². The fourth-order valence-electron chi connectivity index (χ4n) is 1.74. The number of carbonyl (C=O) groups is 1. The normalized spacial score (nSPS) is 18.1. The highest BCUT2D eigenvalue weighted by Crippen LogP contribution is 2.31. The summed E-state index contributed by atoms with van der Waals surface area (Å²) in [5.74, 6) is -0.723. The summed E-state index contributed by atoms with van der Waals surface area (Å²) in [6, 6.07) is 0. The molecule has 0 amide bonds. The van der Waals surface area contributed by atoms with Gasteiger partial charge in [-0.3, -0.25) is 4.79 Å². The summed E-state index contributed by atoms with van der Waals surface area (Å²) in [5.41, 5.74) is -0.646. The number of nitrogens with one attached hydrogen (secondary N) is 1. The molecule has 0 spiro atoms. The van der Waals surface area contributed by atoms with Crippen LogP contribution < -0.4 is 5.32 Å². The zero-order valence-electron chi connectivity index (χ0n) is 9.83. The first-order valence-electron chi connectivity index (χ1n) is 5.76. The van der Waals surface area contributed by atoms with Crippen molar-refractivity contribution in [3.05, 3.63) is 0 Å². The molecule has 5 heteroatoms. The lowest BCUT2D eigenvalue weighted by atomic mass is 9.77. The molecule has 2 N–H and O–H groups in total. The van der Waals surface area contributed by atoms with Crippen LogP contribution in [0.2, 0.25) is 0 Å². The first-order chi connectivity index (χ1) is 7.71. The first kappa shape index (κ1) is 13.4. The molecule has 0 heterocycles. The molecular formula is C11H21NO4. The van der Waals surface area contributed by atoms with Gasteiger partial charge in [-0.25, -0.2) is 0 Å². The molecule has 5 nitrogen and oxygen atoms in total. The van der Waals surface area contributed by atoms with Gasteiger partial charge in [0, 0.05) is 13.7 Å². The lowest BCUT2D eigenvalue weighted by molar-refractivity contribution is -0.148. The molecule has 0 aliphatic heterocycles. The van der Waals surface area contributed by atoms with Crippen LogP contribution in [-0.2, 0) is 14.3 Å². The molecule has 94 valence electrons. The van der Waals surface area contributed by atoms with E-state index in [1.54, 1.807) is 7.11 Å². The highest BCUT2D eigenvalue weighted by atomic mass is 16.5. The maximum Gasteiger partial charge on any atom is 0.323 e. The fraction of sp³-hybridized carbons (Fsp3) is 0.909. The molecule has 1 aliphatic carbocycles. The van der Waals surface area contributed by atoms with Crippen molar-refractivity contribution in [3.63, 3.8) is 0 Å². The molecule has 0 saturated heterocycles. The number of methoxy groups -OCH3 is 1. The molecule has 0 aromatic rings. The van der Waals surface area contributed by atoms with Gasteiger partial charge in [-0.05, 0) is 32.2 Å². The predicted octanol–water partition coefficient (Wildman–Crippen LogP) is 0.636. The van der Waals surface area contributed by atoms with E-state index in [2.05, 4.69) is 5.32 Å². The maximum atomic E-state index is 11.0. The molecule has 0 aromatic carbocycles. The minimum Gasteiger partial charge on any atom is -0.480 e. The zero-order chi connectivity index (χ0) is 11.9. The summed E-state index contributed by atoms with van der Waals surface area (Å²) >= 11 is 0. The number of carboxylic acids is 1. The largest absolute Gasteiger partial charge is 0.480 e. The zero-order valence-corrected chi connectivity index (χ0v) is 9.83. The Labute approximate surface area is 96.1 Å². The number of ether oxygens (including phenoxy) is 2. The Bertz CT molecular complexity index is 216. The fourth-order valence-corrected chi connectivity index (χ4v) is 1.74. The van der Waals surface area contributed by atoms with Crippen LogP contribution in [-0.4, -0.2) is 50.1 Å². The van der Waals surface area contributed by atoms with Gasteiger partial charge in [-0.1, -0.05) is 0 Å². The molecule has 0 unspecified atom stereocenters. The lowest BCUT2D eigenvalue weighted by Crippen LogP contribution is -2.57. The summed E-state index contributed by atoms with van der Waals surface area (Å²) in [6.45, 7) is 2.54. The smallest absolute Gasteiger partial charge is 0.323 e. The highest BCUT2D eigenvalue weighted by Gasteiger charge is 2.43. The van der Waals surface area contributed by atoms with Crippen molar-refractivity contribution in [2.24, 2.45) is 0 Å². The van der Waals surface area contributed by atoms with Crippen LogP contribution in [0.1, 0.15) is 25.7 Å². The topological polar surface area (TPSA) is 67.8 Å². The van der Waals surface area contributed by atoms with Crippen molar-refractivity contribution in [3.8, 4) is 0 Å². The van der Waals surface area contributed by atoms with Gasteiger partial charge >= 0.3 is 5.97 Å². The van der Waals surface area contributed by atoms with Gasteiger partial charge in [-0.2, -0.15) is 0 Å². The molecule has 0 radical (unpaired) electrons. The predicted molar refractivity (Wildman–Crippen MR) is 59.5 cm³/mol. The van der Waals surface area contributed by atoms with E-state index < -0.39 is 11.5 Å². The number of hydrogen-bond donors (Lipinski definition) is 2. The molecule has 0 atom stereocenters. The van der Waals surface area contributed by atoms with Gasteiger partial charge in [0.2, 0.25) is 0 Å². The number of hydrogen-bond acceptors (Lipinski definition) is 4. The van der Waals surface area contributed by atoms with E-state index in [4.69, 9.17) is 14.6 Å². The summed E-state index contributed by atoms with van der Waals surface area (Å²) < 4.78 is 10.1. The SMILES string of the molecule is COCCOCCCNC1(C(=O)O)CCC1. The Kier molecular flexibility index (Phi) is 5.73. The van der Waals surface area contributed by atoms with Gasteiger partial charge in [0.1, 0.15) is 5.54 Å². The van der Waals surface area contributed by atoms with E-state index in [9.17, 15) is 4.79 Å². The second kappa shape index (κ2) is 6.83. The minimum absolute atomic E-state index is 0.598. The highest BCUT2D eigenvalue weighted by molar-refractivity contribution is 5.79. The van der Waals surface area contributed by atoms with Crippen molar-refractivity contribution in [1.29, 1.82) is 0 Å². The summed E-state index contributed by atoms with van der Waals surface area (Å²) in [5, 5.41) is 12.2. The van der Waals surface area contributed by atoms with Crippen LogP contribution in [0.3, 0.4) is 0 Å². The second-order valence-corrected chi connectivity index (χ2v) is 4.13. The van der Waals surface area contributed by atoms with Gasteiger partial charge < -0.3 is 19.9 Å². The Morgan fingerprint density at radius 1 is 1.38 bits per heavy atom. The van der Waals surface area contributed by atoms with Gasteiger partial charge in [0.05, 0.1) is 13.2 Å². The van der Waals surface area contributed by atoms with Crippen molar-refractivity contribution < 1.29 is 19.4 Å². The van der Waals surface area contributed by atoms with Crippen LogP contribution in [0.4, 0.5) is 0 Å². The second-order valence-electron chi connectivity index (χ2n) is 4.13. The van der Waals surface area contributed by atoms with Crippen LogP contribution in [0.15, 0.2) is 0 Å². The summed E-state index contributed by atoms with van der Waals surface area (Å²) in [6.07, 6.45) is 3.32. The lowest BCUT2D eigenvalue weighted by Gasteiger charge is -2.38. The molecule has 1 saturated carbocycles. The average molecular weight is 231 g/mol. The van der Waals surface area contributed by atoms with Gasteiger partial charge in [0.25, 0.3) is 0 Å². The maximum absolute atomic E-state index is 11.0. The summed E-state index contributed by atoms with van der Waals surface area (Å²) in [7, 11) is 1.64. The molecule has 1 fully saturated rings. The quantitative estimate of drug-likeness (QED) is 0.570. The third kappa shape index (κ3) is 3.73. The molecular weight excluding hydrogens is 210 g/mol. The van der Waals surface area contributed by atoms with E-state index in [1.807, 2.05) is 0 Å². The molecule has 1 rings (SSSR count). The number of rotatable bonds is 9. The van der Waals surface area contributed by atoms with Crippen molar-refractivity contribution >= 4 is 5.97 Å². The Morgan fingerprint density at radius 2 is 2.12 bits per heavy atom. The molecule has 0 aromatic heterocycles. The van der Waals surface area contributed by atoms with Crippen LogP contribution in [0.5, 0.6) is 0 Å². The van der Waals surface area contributed by atoms with Crippen molar-refractivity contribution in [2.75, 3.05) is 33.5 Å². The van der Waals surface area contributed by atoms with E-state index in [1.165, 1.54) is 0 Å². The Hall–Kier alpha value is -0.650. The monoisotopic (exact) mass is 231 g/mol. The molecule has 1 aliphatic rings. The van der Waals surface area contributed by atoms with Crippen LogP contribution >= 0.6 is 0 Å². The molecule has 0 bridgehead atoms. The van der Waals surface area contributed by atoms with Gasteiger partial charge in [0.15, 0.2) is 0 Å². The average Bonchev–Trinajstić information content (AvgIpc) is 2.19. The van der Waals surface area contributed by atoms with Gasteiger partial charge in [-0.15, -0.1) is 0 Å². The third-order valence-electron chi connectivity index (χ3n) is 2.98. The van der Waals surface area contributed by atoms with E-state index in [0.29, 0.717) is 26.4 Å². The molecule has 16 heavy (non-hydrogen) atoms. The van der Waals surface area contributed by atoms with E-state index >= 15 is 0 Å². The van der Waals surface area contributed by atoms with Crippen molar-refractivity contribution in [1.82, 2.24) is 5.32 Å². The van der Waals surface area contributed by atoms with Crippen LogP contribution in [0, 0.1) is 0 Å². The van der Waals surface area contributed by atoms with E-state index in [0.717, 1.165) is 25.7 Å². The number of aliphatic carboxylic acids is 1. The Morgan fingerprint density at radius 3 is 2.62 bits per heavy atom. The van der Waals surface area contributed by atoms with E-state index in [-0.39, 0.29) is 0 Å². The third-order valence-corrected chi connectivity index (χ3v) is 2.98. The minimum atomic E-state index is -0.723. The van der Waals surface area contributed by atoms with Crippen LogP contribution in [0.25, 0.3) is 0 Å². The standard InChI is InChI=1S/C11H21NO4/c1-15-8-9-16-7-3-6-12-11(10(13)14)4-2-5-11/h12H,2-9H2,1H3,(H,13,14). The summed E-state index contributed by atoms with van der Waals surface area (Å²) in [4.78, 5) is 11.0.